The van der Waals surface area contributed by atoms with E-state index in [1.54, 1.807) is 0 Å². The Balaban J connectivity index is 3.34. The summed E-state index contributed by atoms with van der Waals surface area (Å²) in [5, 5.41) is 7.90. The molecule has 0 saturated heterocycles. The zero-order chi connectivity index (χ0) is 10.8. The van der Waals surface area contributed by atoms with Crippen LogP contribution in [0.15, 0.2) is 0 Å². The molecule has 0 fully saturated rings. The van der Waals surface area contributed by atoms with Crippen molar-refractivity contribution in [3.63, 3.8) is 0 Å². The van der Waals surface area contributed by atoms with Crippen LogP contribution in [0, 0.1) is 0 Å². The molecule has 0 aliphatic heterocycles. The molecule has 5 nitrogen and oxygen atoms in total. The molecule has 14 heavy (non-hydrogen) atoms. The van der Waals surface area contributed by atoms with E-state index in [1.807, 2.05) is 13.8 Å². The Bertz CT molecular complexity index is 183. The lowest BCUT2D eigenvalue weighted by molar-refractivity contribution is -0.120. The van der Waals surface area contributed by atoms with Crippen molar-refractivity contribution in [1.82, 2.24) is 16.0 Å². The molecule has 0 unspecified atom stereocenters. The van der Waals surface area contributed by atoms with Gasteiger partial charge in [-0.25, -0.2) is 4.79 Å². The second kappa shape index (κ2) is 8.34. The van der Waals surface area contributed by atoms with Crippen LogP contribution in [0.1, 0.15) is 26.7 Å². The Morgan fingerprint density at radius 2 is 1.64 bits per heavy atom. The lowest BCUT2D eigenvalue weighted by Crippen LogP contribution is -2.38. The highest BCUT2D eigenvalue weighted by molar-refractivity contribution is 5.78. The van der Waals surface area contributed by atoms with E-state index >= 15 is 0 Å². The molecule has 0 aromatic rings. The van der Waals surface area contributed by atoms with E-state index < -0.39 is 0 Å². The third kappa shape index (κ3) is 7.39. The Kier molecular flexibility index (Phi) is 7.59. The third-order valence-corrected chi connectivity index (χ3v) is 1.55. The number of hydrogen-bond donors (Lipinski definition) is 3. The lowest BCUT2D eigenvalue weighted by Gasteiger charge is -2.06. The maximum atomic E-state index is 11.0. The molecule has 0 aliphatic carbocycles. The van der Waals surface area contributed by atoms with Crippen molar-refractivity contribution in [2.75, 3.05) is 19.6 Å². The summed E-state index contributed by atoms with van der Waals surface area (Å²) < 4.78 is 0. The van der Waals surface area contributed by atoms with E-state index in [0.717, 1.165) is 6.42 Å². The highest BCUT2D eigenvalue weighted by Crippen LogP contribution is 1.77. The van der Waals surface area contributed by atoms with Gasteiger partial charge in [-0.3, -0.25) is 4.79 Å². The zero-order valence-corrected chi connectivity index (χ0v) is 8.85. The molecule has 0 heterocycles. The SMILES string of the molecule is CCCNC(=O)NCCC(=O)NCC. The molecular formula is C9H19N3O2. The molecule has 0 spiro atoms. The fourth-order valence-corrected chi connectivity index (χ4v) is 0.876. The monoisotopic (exact) mass is 201 g/mol. The summed E-state index contributed by atoms with van der Waals surface area (Å²) in [5.74, 6) is -0.0386. The molecule has 3 amide bonds. The molecule has 3 N–H and O–H groups in total. The molecule has 0 rings (SSSR count). The van der Waals surface area contributed by atoms with E-state index in [9.17, 15) is 9.59 Å². The van der Waals surface area contributed by atoms with E-state index in [-0.39, 0.29) is 11.9 Å². The van der Waals surface area contributed by atoms with Gasteiger partial charge >= 0.3 is 6.03 Å². The summed E-state index contributed by atoms with van der Waals surface area (Å²) in [6.45, 7) is 5.50. The van der Waals surface area contributed by atoms with Crippen molar-refractivity contribution in [3.8, 4) is 0 Å². The summed E-state index contributed by atoms with van der Waals surface area (Å²) >= 11 is 0. The summed E-state index contributed by atoms with van der Waals surface area (Å²) in [5.41, 5.74) is 0. The minimum absolute atomic E-state index is 0.0386. The maximum Gasteiger partial charge on any atom is 0.314 e. The van der Waals surface area contributed by atoms with Crippen molar-refractivity contribution in [3.05, 3.63) is 0 Å². The number of urea groups is 1. The lowest BCUT2D eigenvalue weighted by atomic mass is 10.4. The first-order chi connectivity index (χ1) is 6.70. The Morgan fingerprint density at radius 3 is 2.21 bits per heavy atom. The van der Waals surface area contributed by atoms with Crippen molar-refractivity contribution >= 4 is 11.9 Å². The minimum Gasteiger partial charge on any atom is -0.356 e. The van der Waals surface area contributed by atoms with Crippen LogP contribution in [-0.2, 0) is 4.79 Å². The molecule has 0 saturated carbocycles. The first-order valence-electron chi connectivity index (χ1n) is 4.99. The maximum absolute atomic E-state index is 11.0. The zero-order valence-electron chi connectivity index (χ0n) is 8.85. The standard InChI is InChI=1S/C9H19N3O2/c1-3-6-11-9(14)12-7-5-8(13)10-4-2/h3-7H2,1-2H3,(H,10,13)(H2,11,12,14). The minimum atomic E-state index is -0.212. The average molecular weight is 201 g/mol. The normalized spacial score (nSPS) is 9.29. The topological polar surface area (TPSA) is 70.2 Å². The second-order valence-corrected chi connectivity index (χ2v) is 2.89. The van der Waals surface area contributed by atoms with Gasteiger partial charge in [0, 0.05) is 26.1 Å². The van der Waals surface area contributed by atoms with E-state index in [1.165, 1.54) is 0 Å². The summed E-state index contributed by atoms with van der Waals surface area (Å²) in [4.78, 5) is 21.9. The van der Waals surface area contributed by atoms with Crippen LogP contribution in [0.3, 0.4) is 0 Å². The van der Waals surface area contributed by atoms with Crippen LogP contribution in [0.25, 0.3) is 0 Å². The smallest absolute Gasteiger partial charge is 0.314 e. The predicted molar refractivity (Wildman–Crippen MR) is 55.0 cm³/mol. The second-order valence-electron chi connectivity index (χ2n) is 2.89. The molecule has 0 aromatic carbocycles. The van der Waals surface area contributed by atoms with Crippen LogP contribution in [-0.4, -0.2) is 31.6 Å². The van der Waals surface area contributed by atoms with Crippen molar-refractivity contribution < 1.29 is 9.59 Å². The quantitative estimate of drug-likeness (QED) is 0.575. The first kappa shape index (κ1) is 12.7. The summed E-state index contributed by atoms with van der Waals surface area (Å²) in [6.07, 6.45) is 1.23. The van der Waals surface area contributed by atoms with Gasteiger partial charge in [0.05, 0.1) is 0 Å². The van der Waals surface area contributed by atoms with Gasteiger partial charge in [0.1, 0.15) is 0 Å². The number of rotatable bonds is 6. The first-order valence-corrected chi connectivity index (χ1v) is 4.99. The van der Waals surface area contributed by atoms with Gasteiger partial charge in [0.2, 0.25) is 5.91 Å². The molecule has 0 aromatic heterocycles. The summed E-state index contributed by atoms with van der Waals surface area (Å²) in [6, 6.07) is -0.212. The number of carbonyl (C=O) groups is 2. The van der Waals surface area contributed by atoms with Gasteiger partial charge in [-0.05, 0) is 13.3 Å². The molecular weight excluding hydrogens is 182 g/mol. The Hall–Kier alpha value is -1.26. The Morgan fingerprint density at radius 1 is 1.00 bits per heavy atom. The highest BCUT2D eigenvalue weighted by atomic mass is 16.2. The predicted octanol–water partition coefficient (Wildman–Crippen LogP) is 0.222. The number of nitrogens with one attached hydrogen (secondary N) is 3. The van der Waals surface area contributed by atoms with Gasteiger partial charge in [0.15, 0.2) is 0 Å². The molecule has 0 radical (unpaired) electrons. The van der Waals surface area contributed by atoms with E-state index in [0.29, 0.717) is 26.1 Å². The van der Waals surface area contributed by atoms with Crippen LogP contribution in [0.2, 0.25) is 0 Å². The highest BCUT2D eigenvalue weighted by Gasteiger charge is 2.01. The number of carbonyl (C=O) groups excluding carboxylic acids is 2. The van der Waals surface area contributed by atoms with Gasteiger partial charge < -0.3 is 16.0 Å². The molecule has 0 atom stereocenters. The average Bonchev–Trinajstić information content (AvgIpc) is 2.15. The van der Waals surface area contributed by atoms with Crippen LogP contribution in [0.4, 0.5) is 4.79 Å². The van der Waals surface area contributed by atoms with Gasteiger partial charge in [-0.2, -0.15) is 0 Å². The fraction of sp³-hybridized carbons (Fsp3) is 0.778. The molecule has 0 aliphatic rings. The van der Waals surface area contributed by atoms with Crippen molar-refractivity contribution in [2.24, 2.45) is 0 Å². The van der Waals surface area contributed by atoms with Crippen molar-refractivity contribution in [1.29, 1.82) is 0 Å². The molecule has 0 bridgehead atoms. The van der Waals surface area contributed by atoms with Crippen LogP contribution in [0.5, 0.6) is 0 Å². The van der Waals surface area contributed by atoms with Crippen LogP contribution >= 0.6 is 0 Å². The fourth-order valence-electron chi connectivity index (χ4n) is 0.876. The summed E-state index contributed by atoms with van der Waals surface area (Å²) in [7, 11) is 0. The van der Waals surface area contributed by atoms with Gasteiger partial charge in [-0.15, -0.1) is 0 Å². The number of amides is 3. The largest absolute Gasteiger partial charge is 0.356 e. The van der Waals surface area contributed by atoms with Gasteiger partial charge in [-0.1, -0.05) is 6.92 Å². The Labute approximate surface area is 84.6 Å². The molecule has 5 heteroatoms. The van der Waals surface area contributed by atoms with E-state index in [4.69, 9.17) is 0 Å². The van der Waals surface area contributed by atoms with Gasteiger partial charge in [0.25, 0.3) is 0 Å². The third-order valence-electron chi connectivity index (χ3n) is 1.55. The molecule has 82 valence electrons. The van der Waals surface area contributed by atoms with Crippen LogP contribution < -0.4 is 16.0 Å². The van der Waals surface area contributed by atoms with Crippen molar-refractivity contribution in [2.45, 2.75) is 26.7 Å². The number of hydrogen-bond acceptors (Lipinski definition) is 2. The van der Waals surface area contributed by atoms with E-state index in [2.05, 4.69) is 16.0 Å².